The van der Waals surface area contributed by atoms with Crippen molar-refractivity contribution in [3.8, 4) is 0 Å². The minimum Gasteiger partial charge on any atom is -0.478 e. The molecule has 0 saturated carbocycles. The van der Waals surface area contributed by atoms with Crippen molar-refractivity contribution in [1.29, 1.82) is 0 Å². The lowest BCUT2D eigenvalue weighted by Crippen LogP contribution is -2.35. The molecule has 0 fully saturated rings. The Morgan fingerprint density at radius 1 is 1.57 bits per heavy atom. The number of hydrogen-bond acceptors (Lipinski definition) is 4. The molecule has 0 aromatic carbocycles. The molecular formula is C14H15N3O3S. The van der Waals surface area contributed by atoms with Crippen LogP contribution in [0, 0.1) is 0 Å². The third kappa shape index (κ3) is 4.28. The van der Waals surface area contributed by atoms with Crippen LogP contribution in [0.1, 0.15) is 22.2 Å². The number of carbonyl (C=O) groups excluding carboxylic acids is 1. The molecule has 0 radical (unpaired) electrons. The van der Waals surface area contributed by atoms with Gasteiger partial charge in [0.05, 0.1) is 11.4 Å². The van der Waals surface area contributed by atoms with Crippen LogP contribution in [0.25, 0.3) is 6.08 Å². The molecule has 0 aliphatic rings. The van der Waals surface area contributed by atoms with Crippen LogP contribution in [0.4, 0.5) is 0 Å². The summed E-state index contributed by atoms with van der Waals surface area (Å²) in [6.45, 7) is 2.46. The molecule has 0 saturated heterocycles. The van der Waals surface area contributed by atoms with Crippen molar-refractivity contribution in [2.24, 2.45) is 0 Å². The summed E-state index contributed by atoms with van der Waals surface area (Å²) in [6.07, 6.45) is 5.95. The molecule has 7 heteroatoms. The van der Waals surface area contributed by atoms with Crippen molar-refractivity contribution in [1.82, 2.24) is 15.1 Å². The van der Waals surface area contributed by atoms with Gasteiger partial charge >= 0.3 is 5.97 Å². The Labute approximate surface area is 125 Å². The molecule has 21 heavy (non-hydrogen) atoms. The van der Waals surface area contributed by atoms with Crippen molar-refractivity contribution in [3.63, 3.8) is 0 Å². The zero-order valence-electron chi connectivity index (χ0n) is 11.4. The molecular weight excluding hydrogens is 290 g/mol. The summed E-state index contributed by atoms with van der Waals surface area (Å²) < 4.78 is 1.74. The number of aromatic nitrogens is 2. The highest BCUT2D eigenvalue weighted by Gasteiger charge is 2.14. The topological polar surface area (TPSA) is 84.2 Å². The highest BCUT2D eigenvalue weighted by atomic mass is 32.1. The molecule has 0 bridgehead atoms. The number of nitrogens with one attached hydrogen (secondary N) is 1. The summed E-state index contributed by atoms with van der Waals surface area (Å²) in [7, 11) is 0. The fraction of sp³-hybridized carbons (Fsp3) is 0.214. The van der Waals surface area contributed by atoms with Crippen LogP contribution in [-0.4, -0.2) is 32.8 Å². The molecule has 0 aliphatic heterocycles. The van der Waals surface area contributed by atoms with E-state index in [0.29, 0.717) is 17.0 Å². The first-order chi connectivity index (χ1) is 10.1. The van der Waals surface area contributed by atoms with Gasteiger partial charge in [0.1, 0.15) is 0 Å². The lowest BCUT2D eigenvalue weighted by Gasteiger charge is -2.13. The number of thiophene rings is 1. The molecule has 2 aromatic rings. The maximum atomic E-state index is 12.2. The van der Waals surface area contributed by atoms with Gasteiger partial charge in [0, 0.05) is 24.5 Å². The summed E-state index contributed by atoms with van der Waals surface area (Å²) in [5.74, 6) is -1.26. The number of amides is 1. The number of carbonyl (C=O) groups is 2. The first-order valence-electron chi connectivity index (χ1n) is 6.33. The zero-order valence-corrected chi connectivity index (χ0v) is 12.2. The zero-order chi connectivity index (χ0) is 15.2. The van der Waals surface area contributed by atoms with Crippen LogP contribution in [0.15, 0.2) is 36.0 Å². The molecule has 110 valence electrons. The van der Waals surface area contributed by atoms with Gasteiger partial charge in [-0.25, -0.2) is 4.79 Å². The van der Waals surface area contributed by atoms with Gasteiger partial charge in [-0.1, -0.05) is 0 Å². The van der Waals surface area contributed by atoms with Gasteiger partial charge < -0.3 is 10.4 Å². The van der Waals surface area contributed by atoms with E-state index >= 15 is 0 Å². The summed E-state index contributed by atoms with van der Waals surface area (Å²) in [5, 5.41) is 17.4. The summed E-state index contributed by atoms with van der Waals surface area (Å²) >= 11 is 1.28. The van der Waals surface area contributed by atoms with Crippen molar-refractivity contribution >= 4 is 29.3 Å². The smallest absolute Gasteiger partial charge is 0.328 e. The fourth-order valence-electron chi connectivity index (χ4n) is 1.82. The van der Waals surface area contributed by atoms with E-state index in [2.05, 4.69) is 10.4 Å². The van der Waals surface area contributed by atoms with E-state index in [-0.39, 0.29) is 11.9 Å². The summed E-state index contributed by atoms with van der Waals surface area (Å²) in [5.41, 5.74) is 0.603. The maximum Gasteiger partial charge on any atom is 0.328 e. The number of carboxylic acids is 1. The molecule has 1 unspecified atom stereocenters. The van der Waals surface area contributed by atoms with Crippen molar-refractivity contribution in [2.45, 2.75) is 19.5 Å². The van der Waals surface area contributed by atoms with Crippen LogP contribution < -0.4 is 5.32 Å². The Kier molecular flexibility index (Phi) is 4.89. The molecule has 2 rings (SSSR count). The van der Waals surface area contributed by atoms with Crippen LogP contribution in [-0.2, 0) is 11.3 Å². The third-order valence-corrected chi connectivity index (χ3v) is 3.63. The molecule has 0 aliphatic carbocycles. The Morgan fingerprint density at radius 2 is 2.38 bits per heavy atom. The average Bonchev–Trinajstić information content (AvgIpc) is 3.06. The standard InChI is InChI=1S/C14H15N3O3S/c1-10(9-17-7-2-6-15-17)16-14(20)13-11(5-8-21-13)3-4-12(18)19/h2-8,10H,9H2,1H3,(H,16,20)(H,18,19). The van der Waals surface area contributed by atoms with Crippen LogP contribution in [0.5, 0.6) is 0 Å². The van der Waals surface area contributed by atoms with Gasteiger partial charge in [-0.15, -0.1) is 11.3 Å². The van der Waals surface area contributed by atoms with Gasteiger partial charge in [0.2, 0.25) is 0 Å². The fourth-order valence-corrected chi connectivity index (χ4v) is 2.61. The minimum absolute atomic E-state index is 0.0872. The molecule has 1 atom stereocenters. The average molecular weight is 305 g/mol. The van der Waals surface area contributed by atoms with E-state index in [1.54, 1.807) is 22.3 Å². The van der Waals surface area contributed by atoms with Gasteiger partial charge in [0.15, 0.2) is 0 Å². The Hall–Kier alpha value is -2.41. The lowest BCUT2D eigenvalue weighted by atomic mass is 10.2. The van der Waals surface area contributed by atoms with Crippen LogP contribution >= 0.6 is 11.3 Å². The van der Waals surface area contributed by atoms with Gasteiger partial charge in [-0.3, -0.25) is 9.48 Å². The summed E-state index contributed by atoms with van der Waals surface area (Å²) in [6, 6.07) is 3.45. The number of carboxylic acid groups (broad SMARTS) is 1. The van der Waals surface area contributed by atoms with E-state index in [4.69, 9.17) is 5.11 Å². The second-order valence-electron chi connectivity index (χ2n) is 4.48. The molecule has 2 aromatic heterocycles. The highest BCUT2D eigenvalue weighted by Crippen LogP contribution is 2.18. The second kappa shape index (κ2) is 6.85. The minimum atomic E-state index is -1.04. The number of hydrogen-bond donors (Lipinski definition) is 2. The van der Waals surface area contributed by atoms with Crippen molar-refractivity contribution in [3.05, 3.63) is 46.4 Å². The van der Waals surface area contributed by atoms with Crippen LogP contribution in [0.2, 0.25) is 0 Å². The first kappa shape index (κ1) is 15.0. The van der Waals surface area contributed by atoms with Gasteiger partial charge in [-0.05, 0) is 36.1 Å². The first-order valence-corrected chi connectivity index (χ1v) is 7.21. The van der Waals surface area contributed by atoms with Crippen molar-refractivity contribution < 1.29 is 14.7 Å². The van der Waals surface area contributed by atoms with E-state index < -0.39 is 5.97 Å². The lowest BCUT2D eigenvalue weighted by molar-refractivity contribution is -0.131. The largest absolute Gasteiger partial charge is 0.478 e. The van der Waals surface area contributed by atoms with Crippen molar-refractivity contribution in [2.75, 3.05) is 0 Å². The Bertz CT molecular complexity index is 646. The quantitative estimate of drug-likeness (QED) is 0.798. The number of aliphatic carboxylic acids is 1. The maximum absolute atomic E-state index is 12.2. The molecule has 1 amide bonds. The molecule has 2 N–H and O–H groups in total. The van der Waals surface area contributed by atoms with E-state index in [0.717, 1.165) is 6.08 Å². The highest BCUT2D eigenvalue weighted by molar-refractivity contribution is 7.12. The Morgan fingerprint density at radius 3 is 3.05 bits per heavy atom. The SMILES string of the molecule is CC(Cn1cccn1)NC(=O)c1sccc1C=CC(=O)O. The predicted octanol–water partition coefficient (Wildman–Crippen LogP) is 1.86. The third-order valence-electron chi connectivity index (χ3n) is 2.70. The van der Waals surface area contributed by atoms with E-state index in [9.17, 15) is 9.59 Å². The molecule has 2 heterocycles. The predicted molar refractivity (Wildman–Crippen MR) is 80.1 cm³/mol. The van der Waals surface area contributed by atoms with Gasteiger partial charge in [0.25, 0.3) is 5.91 Å². The molecule has 6 nitrogen and oxygen atoms in total. The van der Waals surface area contributed by atoms with Gasteiger partial charge in [-0.2, -0.15) is 5.10 Å². The van der Waals surface area contributed by atoms with E-state index in [1.807, 2.05) is 19.2 Å². The second-order valence-corrected chi connectivity index (χ2v) is 5.40. The number of nitrogens with zero attached hydrogens (tertiary/aromatic N) is 2. The Balaban J connectivity index is 2.00. The molecule has 0 spiro atoms. The van der Waals surface area contributed by atoms with E-state index in [1.165, 1.54) is 17.4 Å². The van der Waals surface area contributed by atoms with Crippen LogP contribution in [0.3, 0.4) is 0 Å². The monoisotopic (exact) mass is 305 g/mol. The summed E-state index contributed by atoms with van der Waals surface area (Å²) in [4.78, 5) is 23.2. The number of rotatable bonds is 6. The normalized spacial score (nSPS) is 12.4.